The number of anilines is 1. The molecule has 0 bridgehead atoms. The molecular formula is C30H31N9O6. The number of fused-ring (bicyclic) bond motifs is 1. The first-order chi connectivity index (χ1) is 22.0. The van der Waals surface area contributed by atoms with Crippen LogP contribution in [0.4, 0.5) is 5.69 Å². The number of ether oxygens (including phenoxy) is 3. The van der Waals surface area contributed by atoms with Crippen molar-refractivity contribution in [3.8, 4) is 22.9 Å². The van der Waals surface area contributed by atoms with Crippen LogP contribution >= 0.6 is 0 Å². The Bertz CT molecular complexity index is 1800. The molecule has 15 nitrogen and oxygen atoms in total. The van der Waals surface area contributed by atoms with E-state index in [4.69, 9.17) is 14.2 Å². The van der Waals surface area contributed by atoms with Gasteiger partial charge in [0.05, 0.1) is 25.8 Å². The highest BCUT2D eigenvalue weighted by molar-refractivity contribution is 6.02. The number of hydrogen-bond acceptors (Lipinski definition) is 11. The molecule has 0 spiro atoms. The summed E-state index contributed by atoms with van der Waals surface area (Å²) in [4.78, 5) is 30.0. The maximum absolute atomic E-state index is 14.4. The Balaban J connectivity index is 1.46. The fourth-order valence-corrected chi connectivity index (χ4v) is 5.35. The van der Waals surface area contributed by atoms with E-state index in [9.17, 15) is 14.7 Å². The standard InChI is InChI=1S/C30H31N9O6/c1-43-26-15-20(10-11-24(26)38-18-32-34-36-38)39(28(41)17-37-23-8-4-3-7-22(23)33-35-37)29(19-9-12-25(40)27(14-19)44-2)30(42)31-16-21-6-5-13-45-21/h3-4,7-12,14-15,18,21,29,40H,5-6,13,16-17H2,1-2H3,(H,31,42)/t21-,29+/m1/s1. The van der Waals surface area contributed by atoms with Gasteiger partial charge in [0.25, 0.3) is 0 Å². The molecule has 1 aliphatic rings. The van der Waals surface area contributed by atoms with Crippen molar-refractivity contribution in [2.24, 2.45) is 0 Å². The molecule has 1 fully saturated rings. The van der Waals surface area contributed by atoms with Crippen LogP contribution in [-0.4, -0.2) is 85.6 Å². The molecule has 15 heteroatoms. The first-order valence-electron chi connectivity index (χ1n) is 14.2. The SMILES string of the molecule is COc1cc([C@@H](C(=O)NC[C@H]2CCCO2)N(C(=O)Cn2nnc3ccccc32)c2ccc(-n3cnnn3)c(OC)c2)ccc1O. The summed E-state index contributed by atoms with van der Waals surface area (Å²) in [5, 5.41) is 33.0. The third-order valence-corrected chi connectivity index (χ3v) is 7.57. The predicted molar refractivity (Wildman–Crippen MR) is 160 cm³/mol. The van der Waals surface area contributed by atoms with Crippen LogP contribution in [0.3, 0.4) is 0 Å². The Hall–Kier alpha value is -5.57. The largest absolute Gasteiger partial charge is 0.504 e. The van der Waals surface area contributed by atoms with Gasteiger partial charge in [-0.1, -0.05) is 23.4 Å². The van der Waals surface area contributed by atoms with E-state index in [1.807, 2.05) is 18.2 Å². The molecule has 2 atom stereocenters. The maximum atomic E-state index is 14.4. The van der Waals surface area contributed by atoms with E-state index < -0.39 is 17.9 Å². The fraction of sp³-hybridized carbons (Fsp3) is 0.300. The second-order valence-corrected chi connectivity index (χ2v) is 10.3. The van der Waals surface area contributed by atoms with Gasteiger partial charge >= 0.3 is 0 Å². The van der Waals surface area contributed by atoms with Gasteiger partial charge in [0.15, 0.2) is 11.5 Å². The summed E-state index contributed by atoms with van der Waals surface area (Å²) in [6.45, 7) is 0.660. The van der Waals surface area contributed by atoms with Gasteiger partial charge in [-0.25, -0.2) is 4.68 Å². The molecule has 3 heterocycles. The van der Waals surface area contributed by atoms with Crippen LogP contribution < -0.4 is 19.7 Å². The predicted octanol–water partition coefficient (Wildman–Crippen LogP) is 2.20. The number of methoxy groups -OCH3 is 2. The van der Waals surface area contributed by atoms with Crippen molar-refractivity contribution in [2.75, 3.05) is 32.3 Å². The lowest BCUT2D eigenvalue weighted by molar-refractivity contribution is -0.127. The highest BCUT2D eigenvalue weighted by Gasteiger charge is 2.35. The van der Waals surface area contributed by atoms with Gasteiger partial charge in [-0.05, 0) is 65.2 Å². The highest BCUT2D eigenvalue weighted by Crippen LogP contribution is 2.36. The van der Waals surface area contributed by atoms with Crippen molar-refractivity contribution in [1.29, 1.82) is 0 Å². The lowest BCUT2D eigenvalue weighted by Gasteiger charge is -2.32. The number of carbonyl (C=O) groups excluding carboxylic acids is 2. The number of tetrazole rings is 1. The van der Waals surface area contributed by atoms with E-state index in [0.29, 0.717) is 40.3 Å². The maximum Gasteiger partial charge on any atom is 0.249 e. The summed E-state index contributed by atoms with van der Waals surface area (Å²) in [6.07, 6.45) is 3.00. The minimum atomic E-state index is -1.20. The van der Waals surface area contributed by atoms with E-state index in [-0.39, 0.29) is 30.7 Å². The Kier molecular flexibility index (Phi) is 8.50. The van der Waals surface area contributed by atoms with Gasteiger partial charge in [0.1, 0.15) is 35.9 Å². The lowest BCUT2D eigenvalue weighted by Crippen LogP contribution is -2.46. The monoisotopic (exact) mass is 613 g/mol. The molecule has 1 saturated heterocycles. The summed E-state index contributed by atoms with van der Waals surface area (Å²) in [7, 11) is 2.89. The molecule has 5 aromatic rings. The zero-order valence-electron chi connectivity index (χ0n) is 24.6. The molecule has 3 aromatic carbocycles. The number of phenolic OH excluding ortho intramolecular Hbond substituents is 1. The number of para-hydroxylation sites is 1. The van der Waals surface area contributed by atoms with Gasteiger partial charge in [-0.2, -0.15) is 4.68 Å². The molecule has 2 amide bonds. The Morgan fingerprint density at radius 1 is 1.09 bits per heavy atom. The first-order valence-corrected chi connectivity index (χ1v) is 14.2. The number of phenols is 1. The van der Waals surface area contributed by atoms with E-state index in [0.717, 1.165) is 12.8 Å². The molecule has 0 unspecified atom stereocenters. The van der Waals surface area contributed by atoms with Crippen LogP contribution in [0.15, 0.2) is 67.0 Å². The molecule has 2 aromatic heterocycles. The van der Waals surface area contributed by atoms with Gasteiger partial charge in [0, 0.05) is 24.9 Å². The molecular weight excluding hydrogens is 582 g/mol. The third kappa shape index (κ3) is 6.10. The molecule has 1 aliphatic heterocycles. The quantitative estimate of drug-likeness (QED) is 0.224. The number of amides is 2. The van der Waals surface area contributed by atoms with Gasteiger partial charge in [-0.3, -0.25) is 14.5 Å². The number of nitrogens with one attached hydrogen (secondary N) is 1. The Labute approximate surface area is 257 Å². The topological polar surface area (TPSA) is 172 Å². The smallest absolute Gasteiger partial charge is 0.249 e. The average Bonchev–Trinajstić information content (AvgIpc) is 3.86. The first kappa shape index (κ1) is 29.5. The van der Waals surface area contributed by atoms with Crippen LogP contribution in [0.2, 0.25) is 0 Å². The van der Waals surface area contributed by atoms with Crippen LogP contribution in [0.1, 0.15) is 24.4 Å². The summed E-state index contributed by atoms with van der Waals surface area (Å²) in [5.74, 6) is -0.541. The molecule has 232 valence electrons. The van der Waals surface area contributed by atoms with Crippen molar-refractivity contribution < 1.29 is 28.9 Å². The zero-order valence-corrected chi connectivity index (χ0v) is 24.6. The minimum absolute atomic E-state index is 0.112. The van der Waals surface area contributed by atoms with Crippen molar-refractivity contribution >= 4 is 28.5 Å². The summed E-state index contributed by atoms with van der Waals surface area (Å²) in [6, 6.07) is 15.6. The van der Waals surface area contributed by atoms with Gasteiger partial charge < -0.3 is 24.6 Å². The number of carbonyl (C=O) groups is 2. The van der Waals surface area contributed by atoms with E-state index in [1.54, 1.807) is 30.3 Å². The molecule has 45 heavy (non-hydrogen) atoms. The van der Waals surface area contributed by atoms with E-state index in [2.05, 4.69) is 31.2 Å². The third-order valence-electron chi connectivity index (χ3n) is 7.57. The molecule has 6 rings (SSSR count). The van der Waals surface area contributed by atoms with Crippen LogP contribution in [0, 0.1) is 0 Å². The normalized spacial score (nSPS) is 15.1. The molecule has 2 N–H and O–H groups in total. The number of benzene rings is 3. The molecule has 0 saturated carbocycles. The van der Waals surface area contributed by atoms with Crippen molar-refractivity contribution in [3.05, 3.63) is 72.6 Å². The highest BCUT2D eigenvalue weighted by atomic mass is 16.5. The van der Waals surface area contributed by atoms with E-state index >= 15 is 0 Å². The van der Waals surface area contributed by atoms with Crippen LogP contribution in [-0.2, 0) is 20.9 Å². The summed E-state index contributed by atoms with van der Waals surface area (Å²) < 4.78 is 19.7. The average molecular weight is 614 g/mol. The van der Waals surface area contributed by atoms with Crippen molar-refractivity contribution in [3.63, 3.8) is 0 Å². The second-order valence-electron chi connectivity index (χ2n) is 10.3. The summed E-state index contributed by atoms with van der Waals surface area (Å²) >= 11 is 0. The molecule has 0 aliphatic carbocycles. The van der Waals surface area contributed by atoms with Crippen LogP contribution in [0.5, 0.6) is 17.2 Å². The molecule has 0 radical (unpaired) electrons. The van der Waals surface area contributed by atoms with Crippen LogP contribution in [0.25, 0.3) is 16.7 Å². The minimum Gasteiger partial charge on any atom is -0.504 e. The second kappa shape index (κ2) is 13.0. The Morgan fingerprint density at radius 2 is 1.93 bits per heavy atom. The lowest BCUT2D eigenvalue weighted by atomic mass is 10.0. The number of aromatic nitrogens is 7. The Morgan fingerprint density at radius 3 is 2.69 bits per heavy atom. The number of hydrogen-bond donors (Lipinski definition) is 2. The summed E-state index contributed by atoms with van der Waals surface area (Å²) in [5.41, 5.74) is 2.55. The number of rotatable bonds is 11. The van der Waals surface area contributed by atoms with Crippen molar-refractivity contribution in [1.82, 2.24) is 40.5 Å². The van der Waals surface area contributed by atoms with Crippen molar-refractivity contribution in [2.45, 2.75) is 31.5 Å². The number of aromatic hydroxyl groups is 1. The van der Waals surface area contributed by atoms with Gasteiger partial charge in [0.2, 0.25) is 11.8 Å². The fourth-order valence-electron chi connectivity index (χ4n) is 5.35. The van der Waals surface area contributed by atoms with Gasteiger partial charge in [-0.15, -0.1) is 10.2 Å². The van der Waals surface area contributed by atoms with E-state index in [1.165, 1.54) is 46.9 Å². The zero-order chi connectivity index (χ0) is 31.3. The number of nitrogens with zero attached hydrogens (tertiary/aromatic N) is 8.